The van der Waals surface area contributed by atoms with Gasteiger partial charge in [-0.15, -0.1) is 0 Å². The molecule has 0 radical (unpaired) electrons. The lowest BCUT2D eigenvalue weighted by molar-refractivity contribution is 0.217. The smallest absolute Gasteiger partial charge is 0.321 e. The van der Waals surface area contributed by atoms with Crippen LogP contribution in [-0.4, -0.2) is 29.0 Å². The lowest BCUT2D eigenvalue weighted by atomic mass is 10.1. The standard InChI is InChI=1S/C14H17N3O/c1-3-17(4-2)14(18)16-13-7-5-6-11-10-15-9-8-12(11)13/h5-10H,3-4H2,1-2H3,(H,16,18). The van der Waals surface area contributed by atoms with Crippen LogP contribution in [0.3, 0.4) is 0 Å². The molecule has 2 rings (SSSR count). The molecular weight excluding hydrogens is 226 g/mol. The van der Waals surface area contributed by atoms with Crippen LogP contribution in [0.15, 0.2) is 36.7 Å². The first-order chi connectivity index (χ1) is 8.76. The van der Waals surface area contributed by atoms with Gasteiger partial charge in [0.1, 0.15) is 0 Å². The highest BCUT2D eigenvalue weighted by Gasteiger charge is 2.10. The van der Waals surface area contributed by atoms with E-state index in [9.17, 15) is 4.79 Å². The van der Waals surface area contributed by atoms with Crippen LogP contribution in [0.1, 0.15) is 13.8 Å². The molecule has 0 fully saturated rings. The van der Waals surface area contributed by atoms with Crippen molar-refractivity contribution in [2.75, 3.05) is 18.4 Å². The predicted molar refractivity (Wildman–Crippen MR) is 73.7 cm³/mol. The largest absolute Gasteiger partial charge is 0.325 e. The Morgan fingerprint density at radius 2 is 2.06 bits per heavy atom. The molecule has 0 atom stereocenters. The number of anilines is 1. The SMILES string of the molecule is CCN(CC)C(=O)Nc1cccc2cnccc12. The van der Waals surface area contributed by atoms with Crippen LogP contribution in [0.5, 0.6) is 0 Å². The van der Waals surface area contributed by atoms with Crippen molar-refractivity contribution >= 4 is 22.5 Å². The number of nitrogens with zero attached hydrogens (tertiary/aromatic N) is 2. The number of nitrogens with one attached hydrogen (secondary N) is 1. The first-order valence-corrected chi connectivity index (χ1v) is 6.15. The Labute approximate surface area is 107 Å². The van der Waals surface area contributed by atoms with Crippen molar-refractivity contribution in [1.29, 1.82) is 0 Å². The van der Waals surface area contributed by atoms with E-state index in [1.807, 2.05) is 38.1 Å². The molecule has 1 heterocycles. The zero-order valence-corrected chi connectivity index (χ0v) is 10.7. The van der Waals surface area contributed by atoms with Crippen LogP contribution in [0, 0.1) is 0 Å². The third-order valence-corrected chi connectivity index (χ3v) is 2.97. The molecule has 0 unspecified atom stereocenters. The monoisotopic (exact) mass is 243 g/mol. The van der Waals surface area contributed by atoms with E-state index in [-0.39, 0.29) is 6.03 Å². The van der Waals surface area contributed by atoms with Gasteiger partial charge < -0.3 is 10.2 Å². The molecule has 1 aromatic carbocycles. The Balaban J connectivity index is 2.29. The summed E-state index contributed by atoms with van der Waals surface area (Å²) in [6, 6.07) is 7.65. The molecule has 2 amide bonds. The summed E-state index contributed by atoms with van der Waals surface area (Å²) in [5, 5.41) is 4.98. The summed E-state index contributed by atoms with van der Waals surface area (Å²) >= 11 is 0. The van der Waals surface area contributed by atoms with Gasteiger partial charge in [-0.05, 0) is 26.0 Å². The Morgan fingerprint density at radius 3 is 2.78 bits per heavy atom. The molecule has 1 N–H and O–H groups in total. The summed E-state index contributed by atoms with van der Waals surface area (Å²) in [7, 11) is 0. The number of benzene rings is 1. The minimum atomic E-state index is -0.0655. The maximum absolute atomic E-state index is 12.0. The summed E-state index contributed by atoms with van der Waals surface area (Å²) in [6.07, 6.45) is 3.53. The predicted octanol–water partition coefficient (Wildman–Crippen LogP) is 3.11. The number of hydrogen-bond acceptors (Lipinski definition) is 2. The molecule has 4 heteroatoms. The lowest BCUT2D eigenvalue weighted by Gasteiger charge is -2.19. The van der Waals surface area contributed by atoms with E-state index in [0.717, 1.165) is 16.5 Å². The highest BCUT2D eigenvalue weighted by molar-refractivity contribution is 6.01. The molecule has 0 aliphatic heterocycles. The number of aromatic nitrogens is 1. The average Bonchev–Trinajstić information content (AvgIpc) is 2.40. The van der Waals surface area contributed by atoms with E-state index in [1.165, 1.54) is 0 Å². The van der Waals surface area contributed by atoms with E-state index in [4.69, 9.17) is 0 Å². The van der Waals surface area contributed by atoms with Crippen molar-refractivity contribution in [2.24, 2.45) is 0 Å². The first kappa shape index (κ1) is 12.4. The van der Waals surface area contributed by atoms with Gasteiger partial charge in [-0.2, -0.15) is 0 Å². The molecule has 0 aliphatic rings. The molecule has 18 heavy (non-hydrogen) atoms. The number of carbonyl (C=O) groups excluding carboxylic acids is 1. The number of urea groups is 1. The molecule has 0 saturated carbocycles. The molecule has 2 aromatic rings. The quantitative estimate of drug-likeness (QED) is 0.900. The third kappa shape index (κ3) is 2.42. The molecule has 0 bridgehead atoms. The molecule has 1 aromatic heterocycles. The van der Waals surface area contributed by atoms with E-state index >= 15 is 0 Å². The second kappa shape index (κ2) is 5.49. The number of amides is 2. The number of rotatable bonds is 3. The van der Waals surface area contributed by atoms with Gasteiger partial charge >= 0.3 is 6.03 Å². The van der Waals surface area contributed by atoms with Crippen molar-refractivity contribution in [3.8, 4) is 0 Å². The molecule has 0 saturated heterocycles. The van der Waals surface area contributed by atoms with Gasteiger partial charge in [0.2, 0.25) is 0 Å². The lowest BCUT2D eigenvalue weighted by Crippen LogP contribution is -2.34. The summed E-state index contributed by atoms with van der Waals surface area (Å²) < 4.78 is 0. The number of fused-ring (bicyclic) bond motifs is 1. The molecule has 0 aliphatic carbocycles. The zero-order valence-electron chi connectivity index (χ0n) is 10.7. The number of carbonyl (C=O) groups is 1. The van der Waals surface area contributed by atoms with Crippen molar-refractivity contribution in [1.82, 2.24) is 9.88 Å². The maximum Gasteiger partial charge on any atom is 0.321 e. The van der Waals surface area contributed by atoms with Crippen molar-refractivity contribution in [2.45, 2.75) is 13.8 Å². The summed E-state index contributed by atoms with van der Waals surface area (Å²) in [6.45, 7) is 5.34. The highest BCUT2D eigenvalue weighted by Crippen LogP contribution is 2.22. The van der Waals surface area contributed by atoms with E-state index in [0.29, 0.717) is 13.1 Å². The van der Waals surface area contributed by atoms with Gasteiger partial charge in [0.05, 0.1) is 5.69 Å². The van der Waals surface area contributed by atoms with Crippen LogP contribution >= 0.6 is 0 Å². The second-order valence-corrected chi connectivity index (χ2v) is 4.00. The van der Waals surface area contributed by atoms with Crippen LogP contribution < -0.4 is 5.32 Å². The minimum Gasteiger partial charge on any atom is -0.325 e. The van der Waals surface area contributed by atoms with Gasteiger partial charge in [-0.3, -0.25) is 4.98 Å². The number of hydrogen-bond donors (Lipinski definition) is 1. The Morgan fingerprint density at radius 1 is 1.28 bits per heavy atom. The van der Waals surface area contributed by atoms with Crippen molar-refractivity contribution in [3.05, 3.63) is 36.7 Å². The van der Waals surface area contributed by atoms with Gasteiger partial charge in [0, 0.05) is 36.3 Å². The van der Waals surface area contributed by atoms with Crippen LogP contribution in [0.4, 0.5) is 10.5 Å². The maximum atomic E-state index is 12.0. The summed E-state index contributed by atoms with van der Waals surface area (Å²) in [5.74, 6) is 0. The molecule has 4 nitrogen and oxygen atoms in total. The molecular formula is C14H17N3O. The minimum absolute atomic E-state index is 0.0655. The third-order valence-electron chi connectivity index (χ3n) is 2.97. The Hall–Kier alpha value is -2.10. The second-order valence-electron chi connectivity index (χ2n) is 4.00. The van der Waals surface area contributed by atoms with E-state index < -0.39 is 0 Å². The summed E-state index contributed by atoms with van der Waals surface area (Å²) in [4.78, 5) is 17.8. The van der Waals surface area contributed by atoms with Gasteiger partial charge in [-0.1, -0.05) is 12.1 Å². The summed E-state index contributed by atoms with van der Waals surface area (Å²) in [5.41, 5.74) is 0.826. The van der Waals surface area contributed by atoms with Crippen LogP contribution in [0.25, 0.3) is 10.8 Å². The van der Waals surface area contributed by atoms with Gasteiger partial charge in [0.15, 0.2) is 0 Å². The highest BCUT2D eigenvalue weighted by atomic mass is 16.2. The Kier molecular flexibility index (Phi) is 3.77. The van der Waals surface area contributed by atoms with Gasteiger partial charge in [0.25, 0.3) is 0 Å². The first-order valence-electron chi connectivity index (χ1n) is 6.15. The fourth-order valence-corrected chi connectivity index (χ4v) is 1.94. The van der Waals surface area contributed by atoms with E-state index in [1.54, 1.807) is 17.3 Å². The Bertz CT molecular complexity index is 544. The average molecular weight is 243 g/mol. The zero-order chi connectivity index (χ0) is 13.0. The normalized spacial score (nSPS) is 10.3. The fourth-order valence-electron chi connectivity index (χ4n) is 1.94. The van der Waals surface area contributed by atoms with Gasteiger partial charge in [-0.25, -0.2) is 4.79 Å². The van der Waals surface area contributed by atoms with Crippen molar-refractivity contribution < 1.29 is 4.79 Å². The van der Waals surface area contributed by atoms with Crippen molar-refractivity contribution in [3.63, 3.8) is 0 Å². The topological polar surface area (TPSA) is 45.2 Å². The fraction of sp³-hybridized carbons (Fsp3) is 0.286. The molecule has 94 valence electrons. The number of pyridine rings is 1. The van der Waals surface area contributed by atoms with E-state index in [2.05, 4.69) is 10.3 Å². The van der Waals surface area contributed by atoms with Crippen LogP contribution in [-0.2, 0) is 0 Å². The molecule has 0 spiro atoms. The van der Waals surface area contributed by atoms with Crippen LogP contribution in [0.2, 0.25) is 0 Å².